The van der Waals surface area contributed by atoms with E-state index in [-0.39, 0.29) is 29.2 Å². The van der Waals surface area contributed by atoms with Crippen LogP contribution in [0.2, 0.25) is 0 Å². The first-order valence-corrected chi connectivity index (χ1v) is 15.5. The maximum Gasteiger partial charge on any atom is 0.184 e. The van der Waals surface area contributed by atoms with Gasteiger partial charge in [-0.2, -0.15) is 0 Å². The van der Waals surface area contributed by atoms with Gasteiger partial charge >= 0.3 is 0 Å². The average molecular weight is 571 g/mol. The van der Waals surface area contributed by atoms with E-state index in [1.807, 2.05) is 39.8 Å². The highest BCUT2D eigenvalue weighted by Gasteiger charge is 2.76. The van der Waals surface area contributed by atoms with Crippen LogP contribution < -0.4 is 0 Å². The van der Waals surface area contributed by atoms with Gasteiger partial charge in [-0.25, -0.2) is 0 Å². The van der Waals surface area contributed by atoms with Gasteiger partial charge in [0.15, 0.2) is 22.8 Å². The summed E-state index contributed by atoms with van der Waals surface area (Å²) in [6, 6.07) is 8.95. The molecule has 2 bridgehead atoms. The zero-order chi connectivity index (χ0) is 31.3. The Morgan fingerprint density at radius 3 is 1.88 bits per heavy atom. The molecule has 3 aliphatic rings. The highest BCUT2D eigenvalue weighted by molar-refractivity contribution is 6.36. The fraction of sp³-hybridized carbons (Fsp3) is 0.553. The number of carbonyl (C=O) groups is 3. The normalized spacial score (nSPS) is 29.2. The summed E-state index contributed by atoms with van der Waals surface area (Å²) < 4.78 is 6.91. The summed E-state index contributed by atoms with van der Waals surface area (Å²) in [6.45, 7) is 20.4. The number of carbonyl (C=O) groups excluding carboxylic acids is 3. The molecule has 1 heterocycles. The second-order valence-corrected chi connectivity index (χ2v) is 14.7. The van der Waals surface area contributed by atoms with Gasteiger partial charge in [0.2, 0.25) is 0 Å². The first kappa shape index (κ1) is 31.9. The summed E-state index contributed by atoms with van der Waals surface area (Å²) in [6.07, 6.45) is 9.39. The van der Waals surface area contributed by atoms with Crippen LogP contribution in [0.1, 0.15) is 112 Å². The third-order valence-corrected chi connectivity index (χ3v) is 10.3. The first-order chi connectivity index (χ1) is 19.5. The molecule has 0 N–H and O–H groups in total. The van der Waals surface area contributed by atoms with Gasteiger partial charge in [-0.1, -0.05) is 79.1 Å². The van der Waals surface area contributed by atoms with Crippen LogP contribution in [-0.4, -0.2) is 23.0 Å². The van der Waals surface area contributed by atoms with Crippen molar-refractivity contribution in [2.75, 3.05) is 0 Å². The Bertz CT molecular complexity index is 1380. The number of benzene rings is 1. The number of Topliss-reactive ketones (excluding diaryl/α,β-unsaturated/α-hetero) is 3. The molecule has 0 aromatic heterocycles. The fourth-order valence-corrected chi connectivity index (χ4v) is 7.67. The molecule has 4 rings (SSSR count). The molecular weight excluding hydrogens is 520 g/mol. The molecular formula is C38H50O4. The van der Waals surface area contributed by atoms with Crippen LogP contribution in [0.25, 0.3) is 0 Å². The minimum Gasteiger partial charge on any atom is -0.490 e. The Kier molecular flexibility index (Phi) is 8.54. The predicted octanol–water partition coefficient (Wildman–Crippen LogP) is 9.18. The van der Waals surface area contributed by atoms with E-state index < -0.39 is 21.8 Å². The van der Waals surface area contributed by atoms with Gasteiger partial charge in [0.25, 0.3) is 0 Å². The van der Waals surface area contributed by atoms with Crippen molar-refractivity contribution in [3.8, 4) is 0 Å². The quantitative estimate of drug-likeness (QED) is 0.178. The van der Waals surface area contributed by atoms with Gasteiger partial charge in [0.05, 0.1) is 5.41 Å². The second kappa shape index (κ2) is 11.2. The topological polar surface area (TPSA) is 60.4 Å². The Labute approximate surface area is 253 Å². The Morgan fingerprint density at radius 1 is 0.810 bits per heavy atom. The zero-order valence-corrected chi connectivity index (χ0v) is 27.4. The van der Waals surface area contributed by atoms with Crippen molar-refractivity contribution in [2.24, 2.45) is 28.1 Å². The van der Waals surface area contributed by atoms with E-state index in [1.54, 1.807) is 24.3 Å². The van der Waals surface area contributed by atoms with Crippen molar-refractivity contribution in [3.05, 3.63) is 82.2 Å². The van der Waals surface area contributed by atoms with E-state index in [0.717, 1.165) is 12.0 Å². The average Bonchev–Trinajstić information content (AvgIpc) is 2.90. The number of hydrogen-bond acceptors (Lipinski definition) is 4. The van der Waals surface area contributed by atoms with Gasteiger partial charge in [0.1, 0.15) is 11.4 Å². The maximum absolute atomic E-state index is 15.4. The van der Waals surface area contributed by atoms with Crippen LogP contribution in [0.5, 0.6) is 0 Å². The van der Waals surface area contributed by atoms with Gasteiger partial charge in [-0.15, -0.1) is 0 Å². The van der Waals surface area contributed by atoms with Crippen molar-refractivity contribution in [3.63, 3.8) is 0 Å². The summed E-state index contributed by atoms with van der Waals surface area (Å²) in [7, 11) is 0. The molecule has 1 aliphatic heterocycles. The molecule has 0 radical (unpaired) electrons. The number of hydrogen-bond donors (Lipinski definition) is 0. The standard InChI is InChI=1S/C38H50O4/c1-24(2)16-19-28-22-37-23-29(20-17-25(3)4)36(9,10)42-33(37)30(21-18-26(5)6)32(40)38(34(37)41,35(28,7)8)31(39)27-14-12-11-13-15-27/h11-18,28-29H,19-23H2,1-10H3/t28-,29+,37+,38+/m1/s1. The molecule has 1 aromatic rings. The van der Waals surface area contributed by atoms with Gasteiger partial charge in [-0.05, 0) is 98.8 Å². The van der Waals surface area contributed by atoms with Crippen LogP contribution in [-0.2, 0) is 14.3 Å². The van der Waals surface area contributed by atoms with E-state index in [0.29, 0.717) is 42.6 Å². The van der Waals surface area contributed by atoms with E-state index in [1.165, 1.54) is 11.1 Å². The third kappa shape index (κ3) is 4.99. The van der Waals surface area contributed by atoms with Crippen molar-refractivity contribution in [1.29, 1.82) is 0 Å². The second-order valence-electron chi connectivity index (χ2n) is 14.7. The highest BCUT2D eigenvalue weighted by Crippen LogP contribution is 2.69. The molecule has 0 unspecified atom stereocenters. The zero-order valence-electron chi connectivity index (χ0n) is 27.4. The molecule has 42 heavy (non-hydrogen) atoms. The third-order valence-electron chi connectivity index (χ3n) is 10.3. The van der Waals surface area contributed by atoms with E-state index in [9.17, 15) is 4.79 Å². The van der Waals surface area contributed by atoms with Crippen LogP contribution in [0.4, 0.5) is 0 Å². The summed E-state index contributed by atoms with van der Waals surface area (Å²) in [5.74, 6) is -0.481. The number of allylic oxidation sites excluding steroid dienone is 8. The summed E-state index contributed by atoms with van der Waals surface area (Å²) >= 11 is 0. The Balaban J connectivity index is 2.09. The fourth-order valence-electron chi connectivity index (χ4n) is 7.67. The molecule has 4 atom stereocenters. The molecule has 1 saturated heterocycles. The number of ketones is 3. The molecule has 0 amide bonds. The Morgan fingerprint density at radius 2 is 1.33 bits per heavy atom. The lowest BCUT2D eigenvalue weighted by atomic mass is 9.38. The summed E-state index contributed by atoms with van der Waals surface area (Å²) in [4.78, 5) is 45.4. The van der Waals surface area contributed by atoms with Gasteiger partial charge in [0, 0.05) is 17.1 Å². The van der Waals surface area contributed by atoms with Crippen molar-refractivity contribution in [1.82, 2.24) is 0 Å². The van der Waals surface area contributed by atoms with E-state index in [4.69, 9.17) is 4.74 Å². The summed E-state index contributed by atoms with van der Waals surface area (Å²) in [5, 5.41) is 0. The van der Waals surface area contributed by atoms with E-state index >= 15 is 9.59 Å². The van der Waals surface area contributed by atoms with Crippen molar-refractivity contribution >= 4 is 17.3 Å². The maximum atomic E-state index is 15.4. The van der Waals surface area contributed by atoms with Crippen molar-refractivity contribution < 1.29 is 19.1 Å². The monoisotopic (exact) mass is 570 g/mol. The molecule has 1 aromatic carbocycles. The van der Waals surface area contributed by atoms with Crippen molar-refractivity contribution in [2.45, 2.75) is 107 Å². The van der Waals surface area contributed by atoms with Crippen LogP contribution in [0.15, 0.2) is 76.6 Å². The largest absolute Gasteiger partial charge is 0.490 e. The smallest absolute Gasteiger partial charge is 0.184 e. The van der Waals surface area contributed by atoms with Gasteiger partial charge in [-0.3, -0.25) is 14.4 Å². The molecule has 1 spiro atoms. The van der Waals surface area contributed by atoms with Crippen LogP contribution in [0.3, 0.4) is 0 Å². The minimum atomic E-state index is -1.83. The van der Waals surface area contributed by atoms with Gasteiger partial charge < -0.3 is 4.74 Å². The number of fused-ring (bicyclic) bond motifs is 1. The number of rotatable bonds is 8. The summed E-state index contributed by atoms with van der Waals surface area (Å²) in [5.41, 5.74) is 0.0524. The molecule has 226 valence electrons. The van der Waals surface area contributed by atoms with E-state index in [2.05, 4.69) is 53.7 Å². The lowest BCUT2D eigenvalue weighted by Crippen LogP contribution is -2.71. The SMILES string of the molecule is CC(C)=CCC1=C2OC(C)(C)[C@@H](CC=C(C)C)C[C@@]23C[C@@H](CC=C(C)C)C(C)(C)[C@@](C(=O)c2ccccc2)(C1=O)C3=O. The lowest BCUT2D eigenvalue weighted by molar-refractivity contribution is -0.182. The van der Waals surface area contributed by atoms with Crippen LogP contribution in [0, 0.1) is 28.1 Å². The number of ether oxygens (including phenoxy) is 1. The molecule has 1 saturated carbocycles. The minimum absolute atomic E-state index is 0.0489. The lowest BCUT2D eigenvalue weighted by Gasteiger charge is -2.63. The Hall–Kier alpha value is -3.01. The molecule has 2 aliphatic carbocycles. The highest BCUT2D eigenvalue weighted by atomic mass is 16.5. The first-order valence-electron chi connectivity index (χ1n) is 15.5. The molecule has 4 heteroatoms. The molecule has 2 fully saturated rings. The van der Waals surface area contributed by atoms with Crippen LogP contribution >= 0.6 is 0 Å². The molecule has 4 nitrogen and oxygen atoms in total. The predicted molar refractivity (Wildman–Crippen MR) is 170 cm³/mol.